The minimum Gasteiger partial charge on any atom is -0.508 e. The number of allylic oxidation sites excluding steroid dienone is 2. The molecule has 0 aliphatic heterocycles. The third-order valence-electron chi connectivity index (χ3n) is 8.19. The maximum absolute atomic E-state index is 9.59. The van der Waals surface area contributed by atoms with Crippen LogP contribution in [0.15, 0.2) is 139 Å². The Morgan fingerprint density at radius 2 is 1.35 bits per heavy atom. The predicted octanol–water partition coefficient (Wildman–Crippen LogP) is 10.8. The van der Waals surface area contributed by atoms with Gasteiger partial charge in [0.05, 0.1) is 36.3 Å². The number of ether oxygens (including phenoxy) is 1. The van der Waals surface area contributed by atoms with Crippen molar-refractivity contribution < 1.29 is 9.84 Å². The number of nitrogens with zero attached hydrogens (tertiary/aromatic N) is 4. The monoisotopic (exact) mass is 685 g/mol. The predicted molar refractivity (Wildman–Crippen MR) is 210 cm³/mol. The largest absolute Gasteiger partial charge is 0.508 e. The Bertz CT molecular complexity index is 2200. The van der Waals surface area contributed by atoms with Crippen molar-refractivity contribution in [1.29, 1.82) is 15.8 Å². The van der Waals surface area contributed by atoms with Crippen LogP contribution >= 0.6 is 0 Å². The first-order valence-electron chi connectivity index (χ1n) is 17.1. The summed E-state index contributed by atoms with van der Waals surface area (Å²) >= 11 is 0. The Balaban J connectivity index is 0.000000189. The van der Waals surface area contributed by atoms with Crippen LogP contribution in [0, 0.1) is 39.9 Å². The van der Waals surface area contributed by atoms with Crippen molar-refractivity contribution in [1.82, 2.24) is 4.57 Å². The van der Waals surface area contributed by atoms with E-state index in [-0.39, 0.29) is 17.6 Å². The summed E-state index contributed by atoms with van der Waals surface area (Å²) in [5.41, 5.74) is 8.24. The van der Waals surface area contributed by atoms with E-state index in [1.807, 2.05) is 121 Å². The molecule has 0 fully saturated rings. The number of para-hydroxylation sites is 1. The summed E-state index contributed by atoms with van der Waals surface area (Å²) in [7, 11) is 1.64. The summed E-state index contributed by atoms with van der Waals surface area (Å²) in [5.74, 6) is 1.48. The molecule has 1 heterocycles. The van der Waals surface area contributed by atoms with Crippen LogP contribution in [-0.2, 0) is 6.42 Å². The summed E-state index contributed by atoms with van der Waals surface area (Å²) in [4.78, 5) is 0. The molecule has 7 heteroatoms. The van der Waals surface area contributed by atoms with Gasteiger partial charge in [0.2, 0.25) is 0 Å². The van der Waals surface area contributed by atoms with Crippen molar-refractivity contribution in [3.63, 3.8) is 0 Å². The maximum Gasteiger partial charge on any atom is 0.119 e. The average Bonchev–Trinajstić information content (AvgIpc) is 3.52. The minimum absolute atomic E-state index is 0.206. The molecule has 0 radical (unpaired) electrons. The van der Waals surface area contributed by atoms with E-state index in [2.05, 4.69) is 55.8 Å². The fourth-order valence-electron chi connectivity index (χ4n) is 5.70. The molecular formula is C45H43N5O2. The van der Waals surface area contributed by atoms with E-state index < -0.39 is 0 Å². The molecule has 2 N–H and O–H groups in total. The molecule has 0 saturated carbocycles. The third-order valence-corrected chi connectivity index (χ3v) is 8.19. The van der Waals surface area contributed by atoms with Gasteiger partial charge >= 0.3 is 0 Å². The SMILES string of the molecule is CC(C)c1c(C#N)c2ccccc2n1-c1ccc(O)cc1.COc1ccc(N/C(=C(/C#N)c2ccccc2)C(C)C)cc1.N#CCc1ccccc1. The number of methoxy groups -OCH3 is 1. The molecular weight excluding hydrogens is 643 g/mol. The fourth-order valence-corrected chi connectivity index (χ4v) is 5.70. The Kier molecular flexibility index (Phi) is 13.8. The first-order chi connectivity index (χ1) is 25.2. The highest BCUT2D eigenvalue weighted by Crippen LogP contribution is 2.34. The zero-order valence-corrected chi connectivity index (χ0v) is 30.2. The van der Waals surface area contributed by atoms with E-state index >= 15 is 0 Å². The zero-order chi connectivity index (χ0) is 37.5. The number of phenolic OH excluding ortho intramolecular Hbond substituents is 1. The molecule has 1 aromatic heterocycles. The summed E-state index contributed by atoms with van der Waals surface area (Å²) in [6.45, 7) is 8.33. The van der Waals surface area contributed by atoms with Gasteiger partial charge in [0.1, 0.15) is 23.6 Å². The molecule has 5 aromatic carbocycles. The van der Waals surface area contributed by atoms with Crippen molar-refractivity contribution in [2.75, 3.05) is 12.4 Å². The number of benzene rings is 5. The lowest BCUT2D eigenvalue weighted by molar-refractivity contribution is 0.415. The molecule has 0 atom stereocenters. The highest BCUT2D eigenvalue weighted by molar-refractivity contribution is 5.90. The van der Waals surface area contributed by atoms with Gasteiger partial charge in [0.25, 0.3) is 0 Å². The van der Waals surface area contributed by atoms with Crippen LogP contribution in [0.1, 0.15) is 56.0 Å². The van der Waals surface area contributed by atoms with E-state index in [9.17, 15) is 15.6 Å². The molecule has 0 saturated heterocycles. The van der Waals surface area contributed by atoms with Crippen molar-refractivity contribution >= 4 is 22.2 Å². The second-order valence-electron chi connectivity index (χ2n) is 12.5. The van der Waals surface area contributed by atoms with Crippen LogP contribution in [0.4, 0.5) is 5.69 Å². The number of phenols is 1. The summed E-state index contributed by atoms with van der Waals surface area (Å²) in [6.07, 6.45) is 0.515. The number of aromatic nitrogens is 1. The molecule has 7 nitrogen and oxygen atoms in total. The van der Waals surface area contributed by atoms with Crippen LogP contribution in [0.5, 0.6) is 11.5 Å². The molecule has 6 rings (SSSR count). The van der Waals surface area contributed by atoms with Crippen LogP contribution in [0.3, 0.4) is 0 Å². The third kappa shape index (κ3) is 9.69. The number of aromatic hydroxyl groups is 1. The molecule has 52 heavy (non-hydrogen) atoms. The van der Waals surface area contributed by atoms with Crippen molar-refractivity contribution in [2.45, 2.75) is 40.0 Å². The smallest absolute Gasteiger partial charge is 0.119 e. The van der Waals surface area contributed by atoms with Gasteiger partial charge in [0, 0.05) is 28.2 Å². The van der Waals surface area contributed by atoms with Crippen LogP contribution in [0.2, 0.25) is 0 Å². The molecule has 260 valence electrons. The fraction of sp³-hybridized carbons (Fsp3) is 0.178. The van der Waals surface area contributed by atoms with E-state index in [1.54, 1.807) is 19.2 Å². The van der Waals surface area contributed by atoms with Gasteiger partial charge in [-0.15, -0.1) is 0 Å². The molecule has 0 bridgehead atoms. The van der Waals surface area contributed by atoms with Gasteiger partial charge in [-0.25, -0.2) is 0 Å². The first-order valence-corrected chi connectivity index (χ1v) is 17.1. The number of nitriles is 3. The van der Waals surface area contributed by atoms with E-state index in [1.165, 1.54) is 0 Å². The lowest BCUT2D eigenvalue weighted by atomic mass is 9.98. The standard InChI is InChI=1S/C19H20N2O.C18H16N2O.C8H7N/c1-14(2)19(18(13-20)15-7-5-4-6-8-15)21-16-9-11-17(22-3)12-10-16;1-12(2)18-16(11-19)15-5-3-4-6-17(15)20(18)13-7-9-14(21)10-8-13;9-7-6-8-4-2-1-3-5-8/h4-12,14,21H,1-3H3;3-10,12,21H,1-2H3;1-5H,6H2/b19-18-;;. The van der Waals surface area contributed by atoms with E-state index in [4.69, 9.17) is 10.00 Å². The second kappa shape index (κ2) is 18.9. The van der Waals surface area contributed by atoms with Crippen molar-refractivity contribution in [3.05, 3.63) is 162 Å². The molecule has 0 aliphatic rings. The highest BCUT2D eigenvalue weighted by atomic mass is 16.5. The van der Waals surface area contributed by atoms with Gasteiger partial charge in [-0.3, -0.25) is 0 Å². The van der Waals surface area contributed by atoms with E-state index in [0.717, 1.165) is 56.1 Å². The van der Waals surface area contributed by atoms with Gasteiger partial charge in [-0.1, -0.05) is 107 Å². The first kappa shape index (κ1) is 38.1. The zero-order valence-electron chi connectivity index (χ0n) is 30.2. The normalized spacial score (nSPS) is 10.8. The second-order valence-corrected chi connectivity index (χ2v) is 12.5. The molecule has 0 amide bonds. The molecule has 0 aliphatic carbocycles. The summed E-state index contributed by atoms with van der Waals surface area (Å²) in [6, 6.07) is 48.9. The Hall–Kier alpha value is -6.75. The van der Waals surface area contributed by atoms with Gasteiger partial charge in [-0.2, -0.15) is 15.8 Å². The molecule has 0 spiro atoms. The quantitative estimate of drug-likeness (QED) is 0.154. The lowest BCUT2D eigenvalue weighted by Gasteiger charge is -2.17. The topological polar surface area (TPSA) is 118 Å². The van der Waals surface area contributed by atoms with Crippen LogP contribution in [0.25, 0.3) is 22.2 Å². The Labute approximate surface area is 306 Å². The number of fused-ring (bicyclic) bond motifs is 1. The Morgan fingerprint density at radius 1 is 0.750 bits per heavy atom. The average molecular weight is 686 g/mol. The number of hydrogen-bond acceptors (Lipinski definition) is 6. The lowest BCUT2D eigenvalue weighted by Crippen LogP contribution is -2.09. The summed E-state index contributed by atoms with van der Waals surface area (Å²) < 4.78 is 7.28. The highest BCUT2D eigenvalue weighted by Gasteiger charge is 2.20. The van der Waals surface area contributed by atoms with Crippen LogP contribution < -0.4 is 10.1 Å². The van der Waals surface area contributed by atoms with Gasteiger partial charge in [-0.05, 0) is 77.6 Å². The summed E-state index contributed by atoms with van der Waals surface area (Å²) in [5, 5.41) is 41.3. The maximum atomic E-state index is 9.59. The van der Waals surface area contributed by atoms with Gasteiger partial charge in [0.15, 0.2) is 0 Å². The number of hydrogen-bond donors (Lipinski definition) is 2. The molecule has 0 unspecified atom stereocenters. The number of nitrogens with one attached hydrogen (secondary N) is 1. The van der Waals surface area contributed by atoms with Crippen molar-refractivity contribution in [3.8, 4) is 35.4 Å². The Morgan fingerprint density at radius 3 is 1.88 bits per heavy atom. The van der Waals surface area contributed by atoms with E-state index in [0.29, 0.717) is 12.0 Å². The minimum atomic E-state index is 0.206. The van der Waals surface area contributed by atoms with Crippen molar-refractivity contribution in [2.24, 2.45) is 5.92 Å². The van der Waals surface area contributed by atoms with Crippen LogP contribution in [-0.4, -0.2) is 16.8 Å². The molecule has 6 aromatic rings. The van der Waals surface area contributed by atoms with Gasteiger partial charge < -0.3 is 19.7 Å². The number of anilines is 1. The number of rotatable bonds is 8.